The number of benzene rings is 2. The van der Waals surface area contributed by atoms with Gasteiger partial charge in [0.25, 0.3) is 5.91 Å². The predicted molar refractivity (Wildman–Crippen MR) is 102 cm³/mol. The molecule has 5 nitrogen and oxygen atoms in total. The summed E-state index contributed by atoms with van der Waals surface area (Å²) < 4.78 is 5.21. The second-order valence-electron chi connectivity index (χ2n) is 6.46. The fraction of sp³-hybridized carbons (Fsp3) is 0.300. The van der Waals surface area contributed by atoms with E-state index < -0.39 is 0 Å². The van der Waals surface area contributed by atoms with Gasteiger partial charge in [-0.25, -0.2) is 0 Å². The molecular weight excluding hydrogens is 352 g/mol. The fourth-order valence-corrected chi connectivity index (χ4v) is 3.25. The SMILES string of the molecule is COc1ccc(Cl)cc1C(=O)NCC1CC(=O)N(c2ccc(C)cc2)C1. The molecule has 2 aromatic carbocycles. The van der Waals surface area contributed by atoms with Gasteiger partial charge in [-0.15, -0.1) is 0 Å². The summed E-state index contributed by atoms with van der Waals surface area (Å²) in [5.74, 6) is 0.354. The summed E-state index contributed by atoms with van der Waals surface area (Å²) in [5.41, 5.74) is 2.44. The number of anilines is 1. The van der Waals surface area contributed by atoms with Crippen LogP contribution in [0.25, 0.3) is 0 Å². The molecule has 0 spiro atoms. The minimum Gasteiger partial charge on any atom is -0.496 e. The van der Waals surface area contributed by atoms with Crippen LogP contribution in [0.15, 0.2) is 42.5 Å². The van der Waals surface area contributed by atoms with Crippen LogP contribution in [0.3, 0.4) is 0 Å². The molecule has 0 aromatic heterocycles. The first-order valence-corrected chi connectivity index (χ1v) is 8.84. The lowest BCUT2D eigenvalue weighted by Gasteiger charge is -2.17. The maximum Gasteiger partial charge on any atom is 0.255 e. The van der Waals surface area contributed by atoms with Gasteiger partial charge in [0.2, 0.25) is 5.91 Å². The van der Waals surface area contributed by atoms with Gasteiger partial charge in [0.1, 0.15) is 5.75 Å². The minimum absolute atomic E-state index is 0.0675. The zero-order chi connectivity index (χ0) is 18.7. The van der Waals surface area contributed by atoms with E-state index in [0.717, 1.165) is 11.3 Å². The van der Waals surface area contributed by atoms with E-state index in [9.17, 15) is 9.59 Å². The Bertz CT molecular complexity index is 820. The number of amides is 2. The van der Waals surface area contributed by atoms with E-state index >= 15 is 0 Å². The van der Waals surface area contributed by atoms with Crippen LogP contribution in [0, 0.1) is 12.8 Å². The van der Waals surface area contributed by atoms with E-state index in [1.165, 1.54) is 7.11 Å². The Morgan fingerprint density at radius 1 is 1.27 bits per heavy atom. The molecule has 1 N–H and O–H groups in total. The first-order chi connectivity index (χ1) is 12.5. The predicted octanol–water partition coefficient (Wildman–Crippen LogP) is 3.44. The van der Waals surface area contributed by atoms with Crippen LogP contribution in [0.5, 0.6) is 5.75 Å². The quantitative estimate of drug-likeness (QED) is 0.874. The van der Waals surface area contributed by atoms with Crippen molar-refractivity contribution in [3.05, 3.63) is 58.6 Å². The summed E-state index contributed by atoms with van der Waals surface area (Å²) >= 11 is 5.98. The van der Waals surface area contributed by atoms with Crippen molar-refractivity contribution in [1.29, 1.82) is 0 Å². The molecule has 1 aliphatic rings. The summed E-state index contributed by atoms with van der Waals surface area (Å²) in [4.78, 5) is 26.5. The number of carbonyl (C=O) groups excluding carboxylic acids is 2. The molecule has 1 aliphatic heterocycles. The Hall–Kier alpha value is -2.53. The van der Waals surface area contributed by atoms with Crippen LogP contribution < -0.4 is 15.0 Å². The van der Waals surface area contributed by atoms with Crippen molar-refractivity contribution >= 4 is 29.1 Å². The van der Waals surface area contributed by atoms with E-state index in [1.807, 2.05) is 31.2 Å². The molecule has 0 bridgehead atoms. The van der Waals surface area contributed by atoms with Gasteiger partial charge in [-0.2, -0.15) is 0 Å². The Morgan fingerprint density at radius 3 is 2.69 bits per heavy atom. The minimum atomic E-state index is -0.259. The molecule has 1 saturated heterocycles. The number of hydrogen-bond acceptors (Lipinski definition) is 3. The molecule has 0 saturated carbocycles. The van der Waals surface area contributed by atoms with E-state index in [2.05, 4.69) is 5.32 Å². The van der Waals surface area contributed by atoms with Crippen molar-refractivity contribution in [1.82, 2.24) is 5.32 Å². The van der Waals surface area contributed by atoms with Crippen LogP contribution in [0.2, 0.25) is 5.02 Å². The second kappa shape index (κ2) is 7.79. The molecule has 0 radical (unpaired) electrons. The topological polar surface area (TPSA) is 58.6 Å². The first-order valence-electron chi connectivity index (χ1n) is 8.46. The van der Waals surface area contributed by atoms with Gasteiger partial charge in [-0.1, -0.05) is 29.3 Å². The molecule has 1 heterocycles. The highest BCUT2D eigenvalue weighted by Crippen LogP contribution is 2.26. The lowest BCUT2D eigenvalue weighted by molar-refractivity contribution is -0.117. The molecule has 136 valence electrons. The number of ether oxygens (including phenoxy) is 1. The van der Waals surface area contributed by atoms with Gasteiger partial charge >= 0.3 is 0 Å². The molecule has 26 heavy (non-hydrogen) atoms. The molecule has 1 atom stereocenters. The van der Waals surface area contributed by atoms with Crippen LogP contribution in [-0.4, -0.2) is 32.0 Å². The van der Waals surface area contributed by atoms with Crippen molar-refractivity contribution in [3.63, 3.8) is 0 Å². The summed E-state index contributed by atoms with van der Waals surface area (Å²) in [6, 6.07) is 12.8. The van der Waals surface area contributed by atoms with Crippen LogP contribution >= 0.6 is 11.6 Å². The standard InChI is InChI=1S/C20H21ClN2O3/c1-13-3-6-16(7-4-13)23-12-14(9-19(23)24)11-22-20(25)17-10-15(21)5-8-18(17)26-2/h3-8,10,14H,9,11-12H2,1-2H3,(H,22,25). The Balaban J connectivity index is 1.62. The van der Waals surface area contributed by atoms with E-state index in [-0.39, 0.29) is 17.7 Å². The van der Waals surface area contributed by atoms with Gasteiger partial charge in [-0.05, 0) is 37.3 Å². The van der Waals surface area contributed by atoms with Crippen molar-refractivity contribution in [2.24, 2.45) is 5.92 Å². The summed E-state index contributed by atoms with van der Waals surface area (Å²) in [6.07, 6.45) is 0.417. The number of halogens is 1. The van der Waals surface area contributed by atoms with Crippen molar-refractivity contribution in [2.45, 2.75) is 13.3 Å². The van der Waals surface area contributed by atoms with Crippen molar-refractivity contribution in [3.8, 4) is 5.75 Å². The zero-order valence-electron chi connectivity index (χ0n) is 14.8. The van der Waals surface area contributed by atoms with Crippen LogP contribution in [0.1, 0.15) is 22.3 Å². The average Bonchev–Trinajstić information content (AvgIpc) is 3.01. The van der Waals surface area contributed by atoms with E-state index in [0.29, 0.717) is 35.8 Å². The molecule has 3 rings (SSSR count). The highest BCUT2D eigenvalue weighted by atomic mass is 35.5. The third-order valence-electron chi connectivity index (χ3n) is 4.51. The Labute approximate surface area is 157 Å². The lowest BCUT2D eigenvalue weighted by atomic mass is 10.1. The molecule has 2 amide bonds. The molecule has 1 fully saturated rings. The number of nitrogens with one attached hydrogen (secondary N) is 1. The molecule has 1 unspecified atom stereocenters. The number of nitrogens with zero attached hydrogens (tertiary/aromatic N) is 1. The summed E-state index contributed by atoms with van der Waals surface area (Å²) in [5, 5.41) is 3.36. The zero-order valence-corrected chi connectivity index (χ0v) is 15.5. The lowest BCUT2D eigenvalue weighted by Crippen LogP contribution is -2.31. The molecule has 2 aromatic rings. The van der Waals surface area contributed by atoms with Gasteiger partial charge in [0.05, 0.1) is 12.7 Å². The maximum atomic E-state index is 12.5. The maximum absolute atomic E-state index is 12.5. The smallest absolute Gasteiger partial charge is 0.255 e. The number of methoxy groups -OCH3 is 1. The highest BCUT2D eigenvalue weighted by molar-refractivity contribution is 6.31. The number of aryl methyl sites for hydroxylation is 1. The van der Waals surface area contributed by atoms with Crippen molar-refractivity contribution in [2.75, 3.05) is 25.1 Å². The molecule has 6 heteroatoms. The number of carbonyl (C=O) groups is 2. The average molecular weight is 373 g/mol. The van der Waals surface area contributed by atoms with Crippen molar-refractivity contribution < 1.29 is 14.3 Å². The fourth-order valence-electron chi connectivity index (χ4n) is 3.08. The largest absolute Gasteiger partial charge is 0.496 e. The van der Waals surface area contributed by atoms with Crippen LogP contribution in [0.4, 0.5) is 5.69 Å². The van der Waals surface area contributed by atoms with Gasteiger partial charge in [-0.3, -0.25) is 9.59 Å². The van der Waals surface area contributed by atoms with Gasteiger partial charge in [0.15, 0.2) is 0 Å². The van der Waals surface area contributed by atoms with Gasteiger partial charge in [0, 0.05) is 36.1 Å². The number of rotatable bonds is 5. The molecular formula is C20H21ClN2O3. The molecule has 0 aliphatic carbocycles. The van der Waals surface area contributed by atoms with Gasteiger partial charge < -0.3 is 15.0 Å². The first kappa shape index (κ1) is 18.3. The van der Waals surface area contributed by atoms with E-state index in [1.54, 1.807) is 23.1 Å². The highest BCUT2D eigenvalue weighted by Gasteiger charge is 2.30. The third-order valence-corrected chi connectivity index (χ3v) is 4.74. The normalized spacial score (nSPS) is 16.7. The monoisotopic (exact) mass is 372 g/mol. The second-order valence-corrected chi connectivity index (χ2v) is 6.90. The third kappa shape index (κ3) is 3.99. The summed E-state index contributed by atoms with van der Waals surface area (Å²) in [7, 11) is 1.51. The Morgan fingerprint density at radius 2 is 2.00 bits per heavy atom. The number of hydrogen-bond donors (Lipinski definition) is 1. The summed E-state index contributed by atoms with van der Waals surface area (Å²) in [6.45, 7) is 3.02. The van der Waals surface area contributed by atoms with Crippen LogP contribution in [-0.2, 0) is 4.79 Å². The van der Waals surface area contributed by atoms with E-state index in [4.69, 9.17) is 16.3 Å². The Kier molecular flexibility index (Phi) is 5.47.